The molecule has 0 aromatic heterocycles. The first-order valence-electron chi connectivity index (χ1n) is 6.57. The molecule has 0 amide bonds. The largest absolute Gasteiger partial charge is 0.420 e. The highest BCUT2D eigenvalue weighted by Crippen LogP contribution is 2.26. The molecule has 1 aliphatic heterocycles. The van der Waals surface area contributed by atoms with Crippen LogP contribution in [0.3, 0.4) is 0 Å². The van der Waals surface area contributed by atoms with E-state index < -0.39 is 9.04 Å². The first kappa shape index (κ1) is 13.0. The van der Waals surface area contributed by atoms with Crippen molar-refractivity contribution >= 4 is 9.04 Å². The fraction of sp³-hybridized carbons (Fsp3) is 0.846. The van der Waals surface area contributed by atoms with Gasteiger partial charge in [0.1, 0.15) is 0 Å². The minimum Gasteiger partial charge on any atom is -0.420 e. The summed E-state index contributed by atoms with van der Waals surface area (Å²) >= 11 is 0. The Morgan fingerprint density at radius 2 is 2.20 bits per heavy atom. The SMILES string of the molecule is C=CCCCCCC(C)[SiH]1CCCCO1. The molecule has 0 aromatic carbocycles. The van der Waals surface area contributed by atoms with Crippen LogP contribution in [0.1, 0.15) is 51.9 Å². The Balaban J connectivity index is 2.01. The monoisotopic (exact) mass is 226 g/mol. The van der Waals surface area contributed by atoms with Gasteiger partial charge in [-0.05, 0) is 30.8 Å². The summed E-state index contributed by atoms with van der Waals surface area (Å²) < 4.78 is 5.94. The van der Waals surface area contributed by atoms with Gasteiger partial charge in [0.15, 0.2) is 9.04 Å². The van der Waals surface area contributed by atoms with Crippen molar-refractivity contribution < 1.29 is 4.43 Å². The van der Waals surface area contributed by atoms with Crippen molar-refractivity contribution in [3.05, 3.63) is 12.7 Å². The van der Waals surface area contributed by atoms with E-state index in [0.717, 1.165) is 12.1 Å². The quantitative estimate of drug-likeness (QED) is 0.361. The number of unbranched alkanes of at least 4 members (excludes halogenated alkanes) is 3. The lowest BCUT2D eigenvalue weighted by atomic mass is 10.1. The maximum atomic E-state index is 5.94. The van der Waals surface area contributed by atoms with Crippen LogP contribution in [0.15, 0.2) is 12.7 Å². The van der Waals surface area contributed by atoms with Gasteiger partial charge in [-0.15, -0.1) is 6.58 Å². The number of hydrogen-bond acceptors (Lipinski definition) is 1. The summed E-state index contributed by atoms with van der Waals surface area (Å²) in [5, 5.41) is 0. The highest BCUT2D eigenvalue weighted by molar-refractivity contribution is 6.53. The van der Waals surface area contributed by atoms with Crippen LogP contribution in [0.5, 0.6) is 0 Å². The molecule has 88 valence electrons. The highest BCUT2D eigenvalue weighted by Gasteiger charge is 2.22. The average molecular weight is 226 g/mol. The first-order chi connectivity index (χ1) is 7.34. The Kier molecular flexibility index (Phi) is 7.02. The van der Waals surface area contributed by atoms with Crippen molar-refractivity contribution in [1.29, 1.82) is 0 Å². The van der Waals surface area contributed by atoms with Crippen LogP contribution >= 0.6 is 0 Å². The molecule has 0 N–H and O–H groups in total. The van der Waals surface area contributed by atoms with Crippen molar-refractivity contribution in [3.63, 3.8) is 0 Å². The summed E-state index contributed by atoms with van der Waals surface area (Å²) in [4.78, 5) is 0. The van der Waals surface area contributed by atoms with Crippen molar-refractivity contribution in [2.45, 2.75) is 63.5 Å². The average Bonchev–Trinajstić information content (AvgIpc) is 2.30. The molecule has 2 unspecified atom stereocenters. The summed E-state index contributed by atoms with van der Waals surface area (Å²) in [5.74, 6) is 0. The molecule has 0 bridgehead atoms. The third kappa shape index (κ3) is 5.52. The predicted octanol–water partition coefficient (Wildman–Crippen LogP) is 4.05. The lowest BCUT2D eigenvalue weighted by Crippen LogP contribution is -2.27. The van der Waals surface area contributed by atoms with Crippen LogP contribution in [-0.2, 0) is 4.43 Å². The van der Waals surface area contributed by atoms with Gasteiger partial charge in [0, 0.05) is 6.61 Å². The summed E-state index contributed by atoms with van der Waals surface area (Å²) in [6.07, 6.45) is 11.4. The molecule has 0 spiro atoms. The molecule has 1 fully saturated rings. The molecule has 2 heteroatoms. The molecular formula is C13H26OSi. The molecule has 1 heterocycles. The maximum Gasteiger partial charge on any atom is 0.179 e. The fourth-order valence-corrected chi connectivity index (χ4v) is 5.16. The topological polar surface area (TPSA) is 9.23 Å². The van der Waals surface area contributed by atoms with Crippen molar-refractivity contribution in [1.82, 2.24) is 0 Å². The van der Waals surface area contributed by atoms with Gasteiger partial charge < -0.3 is 4.43 Å². The smallest absolute Gasteiger partial charge is 0.179 e. The molecule has 1 rings (SSSR count). The normalized spacial score (nSPS) is 23.7. The molecule has 0 saturated carbocycles. The van der Waals surface area contributed by atoms with E-state index in [1.165, 1.54) is 51.0 Å². The molecule has 15 heavy (non-hydrogen) atoms. The zero-order valence-corrected chi connectivity index (χ0v) is 11.4. The molecule has 1 aliphatic rings. The van der Waals surface area contributed by atoms with E-state index in [2.05, 4.69) is 13.5 Å². The van der Waals surface area contributed by atoms with E-state index in [1.807, 2.05) is 6.08 Å². The Morgan fingerprint density at radius 3 is 2.87 bits per heavy atom. The summed E-state index contributed by atoms with van der Waals surface area (Å²) in [6, 6.07) is 1.42. The second-order valence-electron chi connectivity index (χ2n) is 4.81. The third-order valence-electron chi connectivity index (χ3n) is 3.42. The third-order valence-corrected chi connectivity index (χ3v) is 6.66. The molecule has 0 radical (unpaired) electrons. The predicted molar refractivity (Wildman–Crippen MR) is 69.8 cm³/mol. The van der Waals surface area contributed by atoms with E-state index in [1.54, 1.807) is 0 Å². The molecule has 1 saturated heterocycles. The van der Waals surface area contributed by atoms with Crippen LogP contribution < -0.4 is 0 Å². The van der Waals surface area contributed by atoms with Crippen molar-refractivity contribution in [3.8, 4) is 0 Å². The Hall–Kier alpha value is -0.0831. The van der Waals surface area contributed by atoms with Gasteiger partial charge in [0.25, 0.3) is 0 Å². The molecule has 2 atom stereocenters. The molecule has 1 nitrogen and oxygen atoms in total. The van der Waals surface area contributed by atoms with Gasteiger partial charge in [-0.1, -0.05) is 38.7 Å². The second-order valence-corrected chi connectivity index (χ2v) is 7.93. The molecular weight excluding hydrogens is 200 g/mol. The summed E-state index contributed by atoms with van der Waals surface area (Å²) in [6.45, 7) is 7.22. The van der Waals surface area contributed by atoms with E-state index in [0.29, 0.717) is 0 Å². The lowest BCUT2D eigenvalue weighted by molar-refractivity contribution is 0.278. The number of hydrogen-bond donors (Lipinski definition) is 0. The van der Waals surface area contributed by atoms with Crippen LogP contribution in [0, 0.1) is 0 Å². The standard InChI is InChI=1S/C13H26OSi/c1-3-4-5-6-7-10-13(2)15-12-9-8-11-14-15/h3,13,15H,1,4-12H2,2H3. The van der Waals surface area contributed by atoms with Crippen LogP contribution in [0.2, 0.25) is 11.6 Å². The van der Waals surface area contributed by atoms with E-state index >= 15 is 0 Å². The second kappa shape index (κ2) is 8.11. The minimum atomic E-state index is -0.799. The number of rotatable bonds is 7. The Bertz CT molecular complexity index is 164. The zero-order chi connectivity index (χ0) is 10.9. The van der Waals surface area contributed by atoms with Gasteiger partial charge >= 0.3 is 0 Å². The minimum absolute atomic E-state index is 0.799. The van der Waals surface area contributed by atoms with E-state index in [-0.39, 0.29) is 0 Å². The highest BCUT2D eigenvalue weighted by atomic mass is 28.3. The maximum absolute atomic E-state index is 5.94. The molecule has 0 aliphatic carbocycles. The lowest BCUT2D eigenvalue weighted by Gasteiger charge is -2.26. The van der Waals surface area contributed by atoms with Crippen molar-refractivity contribution in [2.75, 3.05) is 6.61 Å². The molecule has 0 aromatic rings. The van der Waals surface area contributed by atoms with Gasteiger partial charge in [0.2, 0.25) is 0 Å². The van der Waals surface area contributed by atoms with Crippen LogP contribution in [0.4, 0.5) is 0 Å². The van der Waals surface area contributed by atoms with Gasteiger partial charge in [-0.2, -0.15) is 0 Å². The summed E-state index contributed by atoms with van der Waals surface area (Å²) in [7, 11) is -0.799. The Morgan fingerprint density at radius 1 is 1.33 bits per heavy atom. The van der Waals surface area contributed by atoms with E-state index in [4.69, 9.17) is 4.43 Å². The van der Waals surface area contributed by atoms with E-state index in [9.17, 15) is 0 Å². The van der Waals surface area contributed by atoms with Crippen LogP contribution in [-0.4, -0.2) is 15.6 Å². The van der Waals surface area contributed by atoms with Gasteiger partial charge in [-0.25, -0.2) is 0 Å². The van der Waals surface area contributed by atoms with Crippen LogP contribution in [0.25, 0.3) is 0 Å². The number of allylic oxidation sites excluding steroid dienone is 1. The zero-order valence-electron chi connectivity index (χ0n) is 10.2. The van der Waals surface area contributed by atoms with Crippen molar-refractivity contribution in [2.24, 2.45) is 0 Å². The Labute approximate surface area is 96.6 Å². The van der Waals surface area contributed by atoms with Gasteiger partial charge in [-0.3, -0.25) is 0 Å². The van der Waals surface area contributed by atoms with Gasteiger partial charge in [0.05, 0.1) is 0 Å². The summed E-state index contributed by atoms with van der Waals surface area (Å²) in [5.41, 5.74) is 0.897. The fourth-order valence-electron chi connectivity index (χ4n) is 2.33. The first-order valence-corrected chi connectivity index (χ1v) is 8.52.